The van der Waals surface area contributed by atoms with Crippen molar-refractivity contribution in [3.63, 3.8) is 0 Å². The molecule has 0 aliphatic carbocycles. The van der Waals surface area contributed by atoms with Crippen LogP contribution in [0.4, 0.5) is 4.39 Å². The van der Waals surface area contributed by atoms with Crippen molar-refractivity contribution in [3.8, 4) is 11.3 Å². The number of pyridine rings is 1. The van der Waals surface area contributed by atoms with Crippen LogP contribution < -0.4 is 5.73 Å². The zero-order chi connectivity index (χ0) is 24.7. The number of halogens is 2. The van der Waals surface area contributed by atoms with E-state index < -0.39 is 11.7 Å². The summed E-state index contributed by atoms with van der Waals surface area (Å²) >= 11 is 5.94. The van der Waals surface area contributed by atoms with Crippen LogP contribution in [-0.4, -0.2) is 76.0 Å². The molecule has 2 amide bonds. The van der Waals surface area contributed by atoms with E-state index in [2.05, 4.69) is 9.88 Å². The van der Waals surface area contributed by atoms with E-state index in [1.54, 1.807) is 29.2 Å². The summed E-state index contributed by atoms with van der Waals surface area (Å²) in [6.07, 6.45) is 0. The molecule has 0 spiro atoms. The van der Waals surface area contributed by atoms with E-state index in [-0.39, 0.29) is 23.1 Å². The van der Waals surface area contributed by atoms with Crippen LogP contribution in [0.3, 0.4) is 0 Å². The molecular weight excluding hydrogens is 473 g/mol. The number of hydrogen-bond donors (Lipinski definition) is 3. The molecule has 35 heavy (non-hydrogen) atoms. The Morgan fingerprint density at radius 2 is 1.89 bits per heavy atom. The van der Waals surface area contributed by atoms with Crippen LogP contribution >= 0.6 is 11.6 Å². The van der Waals surface area contributed by atoms with E-state index >= 15 is 0 Å². The Hall–Kier alpha value is -3.53. The fourth-order valence-electron chi connectivity index (χ4n) is 4.48. The molecule has 2 aromatic heterocycles. The third-order valence-corrected chi connectivity index (χ3v) is 6.65. The third-order valence-electron chi connectivity index (χ3n) is 6.36. The number of hydrogen-bond acceptors (Lipinski definition) is 5. The number of β-amino-alcohol motifs (C(OH)–C–C–N with tert-alkyl or cyclic N) is 1. The lowest BCUT2D eigenvalue weighted by molar-refractivity contribution is 0.0615. The number of aliphatic hydroxyl groups excluding tert-OH is 1. The quantitative estimate of drug-likeness (QED) is 0.393. The zero-order valence-corrected chi connectivity index (χ0v) is 19.5. The van der Waals surface area contributed by atoms with Gasteiger partial charge in [-0.25, -0.2) is 9.37 Å². The fraction of sp³-hybridized carbons (Fsp3) is 0.240. The van der Waals surface area contributed by atoms with Crippen molar-refractivity contribution >= 4 is 45.4 Å². The monoisotopic (exact) mass is 495 g/mol. The average molecular weight is 496 g/mol. The zero-order valence-electron chi connectivity index (χ0n) is 18.7. The molecule has 0 saturated carbocycles. The van der Waals surface area contributed by atoms with Crippen LogP contribution in [0.1, 0.15) is 20.7 Å². The minimum absolute atomic E-state index is 0.0516. The second kappa shape index (κ2) is 9.26. The molecule has 4 aromatic rings. The van der Waals surface area contributed by atoms with Crippen molar-refractivity contribution in [1.29, 1.82) is 0 Å². The summed E-state index contributed by atoms with van der Waals surface area (Å²) in [4.78, 5) is 37.2. The van der Waals surface area contributed by atoms with Gasteiger partial charge >= 0.3 is 0 Å². The van der Waals surface area contributed by atoms with Gasteiger partial charge in [-0.05, 0) is 42.5 Å². The predicted molar refractivity (Wildman–Crippen MR) is 132 cm³/mol. The van der Waals surface area contributed by atoms with Crippen LogP contribution in [0, 0.1) is 5.82 Å². The van der Waals surface area contributed by atoms with E-state index in [1.807, 2.05) is 0 Å². The first kappa shape index (κ1) is 23.2. The lowest BCUT2D eigenvalue weighted by Gasteiger charge is -2.34. The second-order valence-corrected chi connectivity index (χ2v) is 8.92. The van der Waals surface area contributed by atoms with Crippen molar-refractivity contribution in [3.05, 3.63) is 64.4 Å². The number of aromatic nitrogens is 2. The summed E-state index contributed by atoms with van der Waals surface area (Å²) < 4.78 is 13.7. The highest BCUT2D eigenvalue weighted by Crippen LogP contribution is 2.32. The van der Waals surface area contributed by atoms with Crippen molar-refractivity contribution < 1.29 is 19.1 Å². The predicted octanol–water partition coefficient (Wildman–Crippen LogP) is 3.02. The van der Waals surface area contributed by atoms with Crippen molar-refractivity contribution in [1.82, 2.24) is 19.8 Å². The summed E-state index contributed by atoms with van der Waals surface area (Å²) in [5.41, 5.74) is 9.01. The van der Waals surface area contributed by atoms with E-state index in [9.17, 15) is 14.0 Å². The number of nitrogens with one attached hydrogen (secondary N) is 1. The van der Waals surface area contributed by atoms with Crippen LogP contribution in [0.2, 0.25) is 5.02 Å². The Kier molecular flexibility index (Phi) is 6.14. The van der Waals surface area contributed by atoms with E-state index in [4.69, 9.17) is 27.4 Å². The molecule has 1 fully saturated rings. The van der Waals surface area contributed by atoms with Gasteiger partial charge in [0.15, 0.2) is 0 Å². The largest absolute Gasteiger partial charge is 0.395 e. The molecular formula is C25H23ClFN5O3. The van der Waals surface area contributed by atoms with Gasteiger partial charge in [0.2, 0.25) is 0 Å². The number of benzene rings is 2. The molecule has 3 heterocycles. The highest BCUT2D eigenvalue weighted by atomic mass is 35.5. The molecule has 0 radical (unpaired) electrons. The normalized spacial score (nSPS) is 14.7. The Morgan fingerprint density at radius 1 is 1.11 bits per heavy atom. The molecule has 0 bridgehead atoms. The molecule has 1 aliphatic heterocycles. The lowest BCUT2D eigenvalue weighted by atomic mass is 10.1. The van der Waals surface area contributed by atoms with Crippen molar-refractivity contribution in [2.24, 2.45) is 5.73 Å². The number of amides is 2. The molecule has 10 heteroatoms. The summed E-state index contributed by atoms with van der Waals surface area (Å²) in [7, 11) is 0. The first-order valence-corrected chi connectivity index (χ1v) is 11.6. The number of carbonyl (C=O) groups excluding carboxylic acids is 2. The molecule has 5 rings (SSSR count). The molecule has 1 aliphatic rings. The highest BCUT2D eigenvalue weighted by molar-refractivity contribution is 6.31. The van der Waals surface area contributed by atoms with Gasteiger partial charge in [-0.2, -0.15) is 0 Å². The van der Waals surface area contributed by atoms with Gasteiger partial charge in [-0.3, -0.25) is 14.5 Å². The van der Waals surface area contributed by atoms with Gasteiger partial charge in [0.1, 0.15) is 5.82 Å². The Morgan fingerprint density at radius 3 is 2.57 bits per heavy atom. The van der Waals surface area contributed by atoms with Gasteiger partial charge in [0, 0.05) is 54.8 Å². The topological polar surface area (TPSA) is 116 Å². The molecule has 4 N–H and O–H groups in total. The SMILES string of the molecule is NC(=O)c1cc(-c2ccc(F)c(Cl)c2)nc2c1[nH]c1cc(C(=O)N3CCN(CCO)CC3)ccc12. The number of primary amides is 1. The average Bonchev–Trinajstić information content (AvgIpc) is 3.23. The smallest absolute Gasteiger partial charge is 0.254 e. The maximum Gasteiger partial charge on any atom is 0.254 e. The number of fused-ring (bicyclic) bond motifs is 3. The number of carbonyl (C=O) groups is 2. The number of piperazine rings is 1. The second-order valence-electron chi connectivity index (χ2n) is 8.51. The van der Waals surface area contributed by atoms with E-state index in [0.29, 0.717) is 66.1 Å². The first-order chi connectivity index (χ1) is 16.9. The van der Waals surface area contributed by atoms with Crippen molar-refractivity contribution in [2.75, 3.05) is 39.3 Å². The van der Waals surface area contributed by atoms with Crippen LogP contribution in [0.15, 0.2) is 42.5 Å². The summed E-state index contributed by atoms with van der Waals surface area (Å²) in [6, 6.07) is 11.0. The molecule has 8 nitrogen and oxygen atoms in total. The molecule has 2 aromatic carbocycles. The van der Waals surface area contributed by atoms with Gasteiger partial charge in [0.25, 0.3) is 11.8 Å². The standard InChI is InChI=1S/C25H23ClFN5O3/c26-18-11-14(2-4-19(18)27)20-13-17(24(28)34)23-22(29-20)16-3-1-15(12-21(16)30-23)25(35)32-7-5-31(6-8-32)9-10-33/h1-4,11-13,30,33H,5-10H2,(H2,28,34). The van der Waals surface area contributed by atoms with Gasteiger partial charge in [-0.1, -0.05) is 11.6 Å². The number of nitrogens with two attached hydrogens (primary N) is 1. The summed E-state index contributed by atoms with van der Waals surface area (Å²) in [6.45, 7) is 3.29. The lowest BCUT2D eigenvalue weighted by Crippen LogP contribution is -2.49. The number of H-pyrrole nitrogens is 1. The maximum absolute atomic E-state index is 13.7. The van der Waals surface area contributed by atoms with E-state index in [1.165, 1.54) is 18.2 Å². The van der Waals surface area contributed by atoms with Gasteiger partial charge < -0.3 is 20.7 Å². The number of nitrogens with zero attached hydrogens (tertiary/aromatic N) is 3. The minimum Gasteiger partial charge on any atom is -0.395 e. The fourth-order valence-corrected chi connectivity index (χ4v) is 4.67. The number of aromatic amines is 1. The molecule has 0 unspecified atom stereocenters. The number of aliphatic hydroxyl groups is 1. The number of rotatable bonds is 5. The van der Waals surface area contributed by atoms with E-state index in [0.717, 1.165) is 5.39 Å². The molecule has 0 atom stereocenters. The molecule has 180 valence electrons. The van der Waals surface area contributed by atoms with Crippen molar-refractivity contribution in [2.45, 2.75) is 0 Å². The highest BCUT2D eigenvalue weighted by Gasteiger charge is 2.23. The third kappa shape index (κ3) is 4.34. The van der Waals surface area contributed by atoms with Crippen LogP contribution in [0.5, 0.6) is 0 Å². The minimum atomic E-state index is -0.643. The summed E-state index contributed by atoms with van der Waals surface area (Å²) in [5, 5.41) is 9.78. The van der Waals surface area contributed by atoms with Gasteiger partial charge in [-0.15, -0.1) is 0 Å². The molecule has 1 saturated heterocycles. The Labute approximate surface area is 205 Å². The first-order valence-electron chi connectivity index (χ1n) is 11.2. The Bertz CT molecular complexity index is 1460. The van der Waals surface area contributed by atoms with Crippen LogP contribution in [-0.2, 0) is 0 Å². The Balaban J connectivity index is 1.54. The van der Waals surface area contributed by atoms with Gasteiger partial charge in [0.05, 0.1) is 33.9 Å². The van der Waals surface area contributed by atoms with Crippen LogP contribution in [0.25, 0.3) is 33.2 Å². The summed E-state index contributed by atoms with van der Waals surface area (Å²) in [5.74, 6) is -1.28. The maximum atomic E-state index is 13.7.